The fourth-order valence-electron chi connectivity index (χ4n) is 3.05. The van der Waals surface area contributed by atoms with E-state index in [1.807, 2.05) is 55.5 Å². The van der Waals surface area contributed by atoms with Crippen LogP contribution in [0.4, 0.5) is 4.79 Å². The summed E-state index contributed by atoms with van der Waals surface area (Å²) in [4.78, 5) is 12.5. The molecule has 0 aromatic heterocycles. The number of ether oxygens (including phenoxy) is 1. The summed E-state index contributed by atoms with van der Waals surface area (Å²) in [6, 6.07) is 15.1. The van der Waals surface area contributed by atoms with Gasteiger partial charge in [-0.1, -0.05) is 41.9 Å². The number of benzene rings is 2. The van der Waals surface area contributed by atoms with Crippen LogP contribution >= 0.6 is 11.6 Å². The Balaban J connectivity index is 1.67. The molecule has 1 aliphatic carbocycles. The molecule has 0 saturated heterocycles. The van der Waals surface area contributed by atoms with Crippen molar-refractivity contribution in [1.29, 1.82) is 0 Å². The van der Waals surface area contributed by atoms with Crippen molar-refractivity contribution in [3.63, 3.8) is 0 Å². The van der Waals surface area contributed by atoms with Crippen LogP contribution in [0.15, 0.2) is 48.5 Å². The molecule has 1 aliphatic rings. The molecule has 0 bridgehead atoms. The summed E-state index contributed by atoms with van der Waals surface area (Å²) in [5.74, 6) is 1.26. The molecule has 2 N–H and O–H groups in total. The van der Waals surface area contributed by atoms with Gasteiger partial charge in [0.1, 0.15) is 5.75 Å². The van der Waals surface area contributed by atoms with E-state index in [1.165, 1.54) is 0 Å². The quantitative estimate of drug-likeness (QED) is 0.774. The van der Waals surface area contributed by atoms with Crippen molar-refractivity contribution < 1.29 is 9.53 Å². The summed E-state index contributed by atoms with van der Waals surface area (Å²) in [7, 11) is 1.63. The standard InChI is InChI=1S/C20H23ClN2O2/c1-13(17-5-3-4-6-18(17)25-2)22-20(24)23-19(14-7-8-14)15-9-11-16(21)12-10-15/h3-6,9-14,19H,7-8H2,1-2H3,(H2,22,23,24)/t13-,19-/m0/s1. The second-order valence-corrected chi connectivity index (χ2v) is 6.88. The molecule has 0 spiro atoms. The van der Waals surface area contributed by atoms with Crippen LogP contribution in [0.1, 0.15) is 43.0 Å². The molecule has 4 nitrogen and oxygen atoms in total. The zero-order valence-corrected chi connectivity index (χ0v) is 15.2. The fraction of sp³-hybridized carbons (Fsp3) is 0.350. The molecule has 5 heteroatoms. The highest BCUT2D eigenvalue weighted by Crippen LogP contribution is 2.41. The number of hydrogen-bond donors (Lipinski definition) is 2. The van der Waals surface area contributed by atoms with E-state index in [0.717, 1.165) is 29.7 Å². The minimum Gasteiger partial charge on any atom is -0.496 e. The van der Waals surface area contributed by atoms with Crippen molar-refractivity contribution in [3.8, 4) is 5.75 Å². The molecule has 0 radical (unpaired) electrons. The Hall–Kier alpha value is -2.20. The van der Waals surface area contributed by atoms with Gasteiger partial charge in [-0.15, -0.1) is 0 Å². The van der Waals surface area contributed by atoms with Gasteiger partial charge in [-0.05, 0) is 49.4 Å². The smallest absolute Gasteiger partial charge is 0.315 e. The maximum Gasteiger partial charge on any atom is 0.315 e. The number of methoxy groups -OCH3 is 1. The van der Waals surface area contributed by atoms with Crippen molar-refractivity contribution in [2.75, 3.05) is 7.11 Å². The lowest BCUT2D eigenvalue weighted by Crippen LogP contribution is -2.40. The fourth-order valence-corrected chi connectivity index (χ4v) is 3.18. The first-order valence-electron chi connectivity index (χ1n) is 8.54. The molecule has 0 heterocycles. The molecule has 1 fully saturated rings. The van der Waals surface area contributed by atoms with Gasteiger partial charge in [-0.25, -0.2) is 4.79 Å². The van der Waals surface area contributed by atoms with E-state index in [-0.39, 0.29) is 18.1 Å². The Morgan fingerprint density at radius 1 is 1.12 bits per heavy atom. The first-order chi connectivity index (χ1) is 12.1. The molecular formula is C20H23ClN2O2. The van der Waals surface area contributed by atoms with Crippen molar-refractivity contribution in [2.24, 2.45) is 5.92 Å². The molecule has 2 atom stereocenters. The van der Waals surface area contributed by atoms with Gasteiger partial charge in [0, 0.05) is 10.6 Å². The second kappa shape index (κ2) is 7.79. The molecule has 25 heavy (non-hydrogen) atoms. The lowest BCUT2D eigenvalue weighted by atomic mass is 10.0. The summed E-state index contributed by atoms with van der Waals surface area (Å²) in [5, 5.41) is 6.83. The van der Waals surface area contributed by atoms with Gasteiger partial charge in [-0.3, -0.25) is 0 Å². The SMILES string of the molecule is COc1ccccc1[C@H](C)NC(=O)N[C@H](c1ccc(Cl)cc1)C1CC1. The minimum atomic E-state index is -0.176. The van der Waals surface area contributed by atoms with E-state index in [9.17, 15) is 4.79 Å². The van der Waals surface area contributed by atoms with E-state index in [1.54, 1.807) is 7.11 Å². The Morgan fingerprint density at radius 2 is 1.80 bits per heavy atom. The minimum absolute atomic E-state index is 0.0159. The maximum absolute atomic E-state index is 12.5. The molecule has 0 aliphatic heterocycles. The van der Waals surface area contributed by atoms with Crippen LogP contribution in [0, 0.1) is 5.92 Å². The van der Waals surface area contributed by atoms with Crippen LogP contribution in [-0.4, -0.2) is 13.1 Å². The number of para-hydroxylation sites is 1. The number of hydrogen-bond acceptors (Lipinski definition) is 2. The van der Waals surface area contributed by atoms with Crippen LogP contribution in [0.3, 0.4) is 0 Å². The van der Waals surface area contributed by atoms with Crippen molar-refractivity contribution in [3.05, 3.63) is 64.7 Å². The average molecular weight is 359 g/mol. The van der Waals surface area contributed by atoms with Gasteiger partial charge in [-0.2, -0.15) is 0 Å². The third-order valence-corrected chi connectivity index (χ3v) is 4.81. The molecule has 1 saturated carbocycles. The van der Waals surface area contributed by atoms with Gasteiger partial charge < -0.3 is 15.4 Å². The number of amides is 2. The monoisotopic (exact) mass is 358 g/mol. The van der Waals surface area contributed by atoms with Crippen molar-refractivity contribution >= 4 is 17.6 Å². The zero-order chi connectivity index (χ0) is 17.8. The Labute approximate surface area is 153 Å². The molecule has 2 aromatic rings. The predicted octanol–water partition coefficient (Wildman–Crippen LogP) is 4.86. The van der Waals surface area contributed by atoms with E-state index in [4.69, 9.17) is 16.3 Å². The van der Waals surface area contributed by atoms with Crippen LogP contribution in [0.25, 0.3) is 0 Å². The van der Waals surface area contributed by atoms with Gasteiger partial charge in [0.15, 0.2) is 0 Å². The zero-order valence-electron chi connectivity index (χ0n) is 14.5. The lowest BCUT2D eigenvalue weighted by Gasteiger charge is -2.22. The normalized spacial score (nSPS) is 16.0. The average Bonchev–Trinajstić information content (AvgIpc) is 3.45. The maximum atomic E-state index is 12.5. The number of halogens is 1. The van der Waals surface area contributed by atoms with Crippen LogP contribution in [0.2, 0.25) is 5.02 Å². The van der Waals surface area contributed by atoms with Gasteiger partial charge >= 0.3 is 6.03 Å². The van der Waals surface area contributed by atoms with E-state index in [2.05, 4.69) is 10.6 Å². The number of carbonyl (C=O) groups is 1. The van der Waals surface area contributed by atoms with E-state index >= 15 is 0 Å². The van der Waals surface area contributed by atoms with E-state index in [0.29, 0.717) is 10.9 Å². The Bertz CT molecular complexity index is 729. The molecular weight excluding hydrogens is 336 g/mol. The number of rotatable bonds is 6. The third kappa shape index (κ3) is 4.45. The summed E-state index contributed by atoms with van der Waals surface area (Å²) in [5.41, 5.74) is 2.04. The Kier molecular flexibility index (Phi) is 5.49. The van der Waals surface area contributed by atoms with Gasteiger partial charge in [0.25, 0.3) is 0 Å². The topological polar surface area (TPSA) is 50.4 Å². The summed E-state index contributed by atoms with van der Waals surface area (Å²) in [6.07, 6.45) is 2.27. The highest BCUT2D eigenvalue weighted by atomic mass is 35.5. The molecule has 132 valence electrons. The summed E-state index contributed by atoms with van der Waals surface area (Å²) in [6.45, 7) is 1.95. The molecule has 2 aromatic carbocycles. The van der Waals surface area contributed by atoms with Crippen LogP contribution < -0.4 is 15.4 Å². The Morgan fingerprint density at radius 3 is 2.44 bits per heavy atom. The number of nitrogens with one attached hydrogen (secondary N) is 2. The van der Waals surface area contributed by atoms with Crippen molar-refractivity contribution in [1.82, 2.24) is 10.6 Å². The first-order valence-corrected chi connectivity index (χ1v) is 8.91. The lowest BCUT2D eigenvalue weighted by molar-refractivity contribution is 0.232. The van der Waals surface area contributed by atoms with Crippen LogP contribution in [0.5, 0.6) is 5.75 Å². The molecule has 0 unspecified atom stereocenters. The number of urea groups is 1. The molecule has 2 amide bonds. The second-order valence-electron chi connectivity index (χ2n) is 6.45. The summed E-state index contributed by atoms with van der Waals surface area (Å²) < 4.78 is 5.37. The highest BCUT2D eigenvalue weighted by molar-refractivity contribution is 6.30. The van der Waals surface area contributed by atoms with Crippen molar-refractivity contribution in [2.45, 2.75) is 31.8 Å². The van der Waals surface area contributed by atoms with Crippen LogP contribution in [-0.2, 0) is 0 Å². The summed E-state index contributed by atoms with van der Waals surface area (Å²) >= 11 is 5.97. The molecule has 3 rings (SSSR count). The predicted molar refractivity (Wildman–Crippen MR) is 100.0 cm³/mol. The highest BCUT2D eigenvalue weighted by Gasteiger charge is 2.33. The largest absolute Gasteiger partial charge is 0.496 e. The third-order valence-electron chi connectivity index (χ3n) is 4.56. The van der Waals surface area contributed by atoms with E-state index < -0.39 is 0 Å². The first kappa shape index (κ1) is 17.6. The number of carbonyl (C=O) groups excluding carboxylic acids is 1. The van der Waals surface area contributed by atoms with Gasteiger partial charge in [0.05, 0.1) is 19.2 Å². The van der Waals surface area contributed by atoms with Gasteiger partial charge in [0.2, 0.25) is 0 Å².